The fourth-order valence-corrected chi connectivity index (χ4v) is 11.8. The molecular formula is C48H62O7S2Si2. The molecular weight excluding hydrogens is 809 g/mol. The zero-order chi connectivity index (χ0) is 43.7. The Labute approximate surface area is 361 Å². The number of sulfone groups is 1. The van der Waals surface area contributed by atoms with E-state index in [0.29, 0.717) is 17.1 Å². The summed E-state index contributed by atoms with van der Waals surface area (Å²) >= 11 is 1.80. The Morgan fingerprint density at radius 2 is 1.29 bits per heavy atom. The molecule has 7 rings (SSSR count). The lowest BCUT2D eigenvalue weighted by Crippen LogP contribution is -2.45. The molecule has 4 aromatic rings. The summed E-state index contributed by atoms with van der Waals surface area (Å²) in [5.74, 6) is 3.31. The minimum atomic E-state index is -3.78. The molecule has 11 heteroatoms. The van der Waals surface area contributed by atoms with Gasteiger partial charge in [0, 0.05) is 32.0 Å². The van der Waals surface area contributed by atoms with Gasteiger partial charge in [0.25, 0.3) is 18.1 Å². The first kappa shape index (κ1) is 45.1. The molecule has 1 fully saturated rings. The molecule has 0 unspecified atom stereocenters. The van der Waals surface area contributed by atoms with Crippen molar-refractivity contribution in [3.05, 3.63) is 101 Å². The van der Waals surface area contributed by atoms with Crippen LogP contribution in [0.5, 0.6) is 23.0 Å². The summed E-state index contributed by atoms with van der Waals surface area (Å²) in [6.07, 6.45) is 2.08. The van der Waals surface area contributed by atoms with E-state index in [2.05, 4.69) is 97.1 Å². The van der Waals surface area contributed by atoms with Crippen LogP contribution in [0.1, 0.15) is 111 Å². The monoisotopic (exact) mass is 870 g/mol. The van der Waals surface area contributed by atoms with Gasteiger partial charge < -0.3 is 23.1 Å². The van der Waals surface area contributed by atoms with Gasteiger partial charge >= 0.3 is 0 Å². The minimum absolute atomic E-state index is 0.00801. The van der Waals surface area contributed by atoms with Gasteiger partial charge in [0.05, 0.1) is 9.79 Å². The van der Waals surface area contributed by atoms with Crippen molar-refractivity contribution in [2.45, 2.75) is 163 Å². The maximum absolute atomic E-state index is 13.8. The van der Waals surface area contributed by atoms with Crippen molar-refractivity contribution in [3.8, 4) is 23.0 Å². The van der Waals surface area contributed by atoms with Crippen molar-refractivity contribution >= 4 is 45.8 Å². The molecule has 316 valence electrons. The highest BCUT2D eigenvalue weighted by Crippen LogP contribution is 2.62. The van der Waals surface area contributed by atoms with Crippen LogP contribution in [-0.2, 0) is 25.4 Å². The van der Waals surface area contributed by atoms with Crippen LogP contribution in [0.25, 0.3) is 6.08 Å². The zero-order valence-electron chi connectivity index (χ0n) is 37.8. The highest BCUT2D eigenvalue weighted by Gasteiger charge is 2.67. The second kappa shape index (κ2) is 15.8. The number of epoxide rings is 1. The fourth-order valence-electron chi connectivity index (χ4n) is 7.63. The maximum atomic E-state index is 13.8. The first-order chi connectivity index (χ1) is 27.2. The average Bonchev–Trinajstić information content (AvgIpc) is 3.81. The van der Waals surface area contributed by atoms with Crippen molar-refractivity contribution in [3.63, 3.8) is 0 Å². The molecule has 2 radical (unpaired) electrons. The van der Waals surface area contributed by atoms with Gasteiger partial charge in [-0.05, 0) is 151 Å². The van der Waals surface area contributed by atoms with Crippen LogP contribution in [0.4, 0.5) is 0 Å². The molecule has 3 aliphatic heterocycles. The van der Waals surface area contributed by atoms with Gasteiger partial charge in [-0.1, -0.05) is 65.4 Å². The fraction of sp³-hybridized carbons (Fsp3) is 0.458. The normalized spacial score (nSPS) is 20.2. The largest absolute Gasteiger partial charge is 0.542 e. The molecule has 0 aromatic heterocycles. The Balaban J connectivity index is 0.000000199. The maximum Gasteiger partial charge on any atom is 0.274 e. The van der Waals surface area contributed by atoms with Gasteiger partial charge in [0.15, 0.2) is 0 Å². The Bertz CT molecular complexity index is 2390. The van der Waals surface area contributed by atoms with Crippen molar-refractivity contribution in [2.75, 3.05) is 0 Å². The first-order valence-electron chi connectivity index (χ1n) is 20.3. The zero-order valence-corrected chi connectivity index (χ0v) is 41.4. The summed E-state index contributed by atoms with van der Waals surface area (Å²) in [4.78, 5) is 3.00. The lowest BCUT2D eigenvalue weighted by atomic mass is 9.84. The van der Waals surface area contributed by atoms with Crippen molar-refractivity contribution in [1.82, 2.24) is 0 Å². The van der Waals surface area contributed by atoms with E-state index in [1.807, 2.05) is 60.7 Å². The van der Waals surface area contributed by atoms with Crippen molar-refractivity contribution in [1.29, 1.82) is 0 Å². The number of ether oxygens (including phenoxy) is 3. The smallest absolute Gasteiger partial charge is 0.274 e. The van der Waals surface area contributed by atoms with Crippen LogP contribution < -0.4 is 18.3 Å². The minimum Gasteiger partial charge on any atom is -0.542 e. The third-order valence-corrected chi connectivity index (χ3v) is 15.3. The molecule has 2 atom stereocenters. The molecule has 0 N–H and O–H groups in total. The third-order valence-electron chi connectivity index (χ3n) is 11.2. The van der Waals surface area contributed by atoms with Crippen LogP contribution in [0, 0.1) is 0 Å². The van der Waals surface area contributed by atoms with E-state index < -0.39 is 44.5 Å². The van der Waals surface area contributed by atoms with E-state index in [1.165, 1.54) is 20.9 Å². The molecule has 4 aromatic carbocycles. The highest BCUT2D eigenvalue weighted by atomic mass is 32.2. The Morgan fingerprint density at radius 1 is 0.712 bits per heavy atom. The van der Waals surface area contributed by atoms with Crippen LogP contribution in [0.15, 0.2) is 98.0 Å². The SMILES string of the molecule is CC1=Cc2cc(Sc3cccc(O[Si](C)C)c3C(C)(C)C)ccc2OC1(C)C.C[Si](C)Oc1cccc(S(=O)(=O)c2ccc3c(c2)[C@@H]2O[C@]2(C)C(C)(C)O3)c1C(C)(C)C. The number of hydrogen-bond donors (Lipinski definition) is 0. The molecule has 59 heavy (non-hydrogen) atoms. The van der Waals surface area contributed by atoms with E-state index >= 15 is 0 Å². The summed E-state index contributed by atoms with van der Waals surface area (Å²) in [6.45, 7) is 33.6. The summed E-state index contributed by atoms with van der Waals surface area (Å²) in [6, 6.07) is 23.3. The Hall–Kier alpha value is -3.49. The number of hydrogen-bond acceptors (Lipinski definition) is 8. The van der Waals surface area contributed by atoms with E-state index in [9.17, 15) is 8.42 Å². The predicted octanol–water partition coefficient (Wildman–Crippen LogP) is 12.8. The third kappa shape index (κ3) is 9.10. The second-order valence-corrected chi connectivity index (χ2v) is 26.5. The van der Waals surface area contributed by atoms with E-state index in [4.69, 9.17) is 23.1 Å². The highest BCUT2D eigenvalue weighted by molar-refractivity contribution is 7.99. The summed E-state index contributed by atoms with van der Waals surface area (Å²) in [7, 11) is -5.65. The summed E-state index contributed by atoms with van der Waals surface area (Å²) in [5.41, 5.74) is 3.62. The van der Waals surface area contributed by atoms with Crippen LogP contribution >= 0.6 is 11.8 Å². The Morgan fingerprint density at radius 3 is 1.88 bits per heavy atom. The summed E-state index contributed by atoms with van der Waals surface area (Å²) in [5, 5.41) is 0. The second-order valence-electron chi connectivity index (χ2n) is 19.4. The first-order valence-corrected chi connectivity index (χ1v) is 27.5. The van der Waals surface area contributed by atoms with E-state index in [-0.39, 0.29) is 26.9 Å². The van der Waals surface area contributed by atoms with E-state index in [0.717, 1.165) is 22.6 Å². The van der Waals surface area contributed by atoms with Crippen molar-refractivity contribution in [2.24, 2.45) is 0 Å². The van der Waals surface area contributed by atoms with E-state index in [1.54, 1.807) is 42.1 Å². The molecule has 0 aliphatic carbocycles. The van der Waals surface area contributed by atoms with Crippen LogP contribution in [0.3, 0.4) is 0 Å². The van der Waals surface area contributed by atoms with Gasteiger partial charge in [0.1, 0.15) is 45.9 Å². The standard InChI is InChI=1S/C24H31O5SSi.C24H31O2SSi/c1-22(2,3)20-18(29-31(7)8)10-9-11-19(20)30(25,26)15-12-13-17-16(14-15)21-24(6,28-21)23(4,5)27-17;1-16-14-17-15-18(12-13-19(17)25-24(16,5)6)27-21-11-9-10-20(26-28(7)8)22(21)23(2,3)4/h9-14,21H,1-8H3;9-15H,1-8H3/t21-,24-;/m0./s1. The van der Waals surface area contributed by atoms with Crippen molar-refractivity contribution < 1.29 is 31.5 Å². The lowest BCUT2D eigenvalue weighted by molar-refractivity contribution is 0.0241. The predicted molar refractivity (Wildman–Crippen MR) is 244 cm³/mol. The molecule has 0 saturated carbocycles. The molecule has 0 bridgehead atoms. The molecule has 3 aliphatic rings. The molecule has 7 nitrogen and oxygen atoms in total. The number of fused-ring (bicyclic) bond motifs is 4. The molecule has 1 saturated heterocycles. The molecule has 0 amide bonds. The van der Waals surface area contributed by atoms with Gasteiger partial charge in [-0.2, -0.15) is 0 Å². The summed E-state index contributed by atoms with van der Waals surface area (Å²) < 4.78 is 58.3. The molecule has 3 heterocycles. The quantitative estimate of drug-likeness (QED) is 0.128. The Kier molecular flexibility index (Phi) is 12.0. The number of benzene rings is 4. The van der Waals surface area contributed by atoms with Gasteiger partial charge in [-0.25, -0.2) is 8.42 Å². The van der Waals surface area contributed by atoms with Crippen LogP contribution in [-0.4, -0.2) is 43.3 Å². The molecule has 0 spiro atoms. The van der Waals surface area contributed by atoms with Gasteiger partial charge in [-0.15, -0.1) is 0 Å². The van der Waals surface area contributed by atoms with Gasteiger partial charge in [0.2, 0.25) is 9.84 Å². The average molecular weight is 871 g/mol. The lowest BCUT2D eigenvalue weighted by Gasteiger charge is -2.35. The van der Waals surface area contributed by atoms with Crippen LogP contribution in [0.2, 0.25) is 26.2 Å². The number of rotatable bonds is 8. The van der Waals surface area contributed by atoms with Gasteiger partial charge in [-0.3, -0.25) is 0 Å². The topological polar surface area (TPSA) is 83.6 Å².